The van der Waals surface area contributed by atoms with Gasteiger partial charge in [-0.3, -0.25) is 0 Å². The Kier molecular flexibility index (Phi) is 2.41. The third kappa shape index (κ3) is 1.60. The number of hydrogen-bond donors (Lipinski definition) is 1. The lowest BCUT2D eigenvalue weighted by Gasteiger charge is -2.13. The van der Waals surface area contributed by atoms with Gasteiger partial charge in [-0.2, -0.15) is 4.99 Å². The quantitative estimate of drug-likeness (QED) is 0.662. The molecule has 0 spiro atoms. The van der Waals surface area contributed by atoms with Gasteiger partial charge in [-0.1, -0.05) is 12.1 Å². The van der Waals surface area contributed by atoms with E-state index in [0.29, 0.717) is 4.47 Å². The first-order chi connectivity index (χ1) is 7.10. The topological polar surface area (TPSA) is 49.7 Å². The van der Waals surface area contributed by atoms with Crippen molar-refractivity contribution in [1.82, 2.24) is 0 Å². The average Bonchev–Trinajstić information content (AvgIpc) is 2.96. The van der Waals surface area contributed by atoms with Gasteiger partial charge in [0.1, 0.15) is 5.75 Å². The Morgan fingerprint density at radius 1 is 1.53 bits per heavy atom. The zero-order valence-corrected chi connectivity index (χ0v) is 9.84. The Bertz CT molecular complexity index is 460. The first-order valence-electron chi connectivity index (χ1n) is 4.68. The third-order valence-corrected chi connectivity index (χ3v) is 3.61. The summed E-state index contributed by atoms with van der Waals surface area (Å²) in [5, 5.41) is 9.76. The molecule has 0 heterocycles. The van der Waals surface area contributed by atoms with E-state index in [1.807, 2.05) is 19.1 Å². The van der Waals surface area contributed by atoms with E-state index in [1.165, 1.54) is 0 Å². The third-order valence-electron chi connectivity index (χ3n) is 2.80. The van der Waals surface area contributed by atoms with Crippen molar-refractivity contribution in [3.63, 3.8) is 0 Å². The largest absolute Gasteiger partial charge is 0.506 e. The number of phenolic OH excluding ortho intramolecular Hbond substituents is 1. The van der Waals surface area contributed by atoms with Gasteiger partial charge >= 0.3 is 0 Å². The van der Waals surface area contributed by atoms with Crippen LogP contribution in [0.25, 0.3) is 0 Å². The minimum atomic E-state index is -0.439. The molecule has 0 bridgehead atoms. The lowest BCUT2D eigenvalue weighted by molar-refractivity contribution is 0.465. The molecule has 1 aromatic rings. The van der Waals surface area contributed by atoms with E-state index in [2.05, 4.69) is 20.9 Å². The fourth-order valence-electron chi connectivity index (χ4n) is 1.67. The number of hydrogen-bond acceptors (Lipinski definition) is 3. The standard InChI is InChI=1S/C11H10BrNO2/c1-7-2-3-8(9(12)10(7)15)11(4-5-11)13-6-14/h2-3,15H,4-5H2,1H3. The molecule has 2 rings (SSSR count). The van der Waals surface area contributed by atoms with Crippen molar-refractivity contribution in [3.05, 3.63) is 27.7 Å². The molecule has 0 atom stereocenters. The summed E-state index contributed by atoms with van der Waals surface area (Å²) in [7, 11) is 0. The highest BCUT2D eigenvalue weighted by molar-refractivity contribution is 9.10. The van der Waals surface area contributed by atoms with Crippen LogP contribution in [-0.2, 0) is 10.3 Å². The minimum Gasteiger partial charge on any atom is -0.506 e. The zero-order chi connectivity index (χ0) is 11.1. The molecule has 0 saturated heterocycles. The van der Waals surface area contributed by atoms with Crippen LogP contribution < -0.4 is 0 Å². The average molecular weight is 268 g/mol. The molecule has 4 heteroatoms. The molecule has 0 radical (unpaired) electrons. The number of isocyanates is 1. The molecule has 1 aromatic carbocycles. The number of benzene rings is 1. The molecule has 0 amide bonds. The highest BCUT2D eigenvalue weighted by Crippen LogP contribution is 2.53. The van der Waals surface area contributed by atoms with E-state index >= 15 is 0 Å². The molecular formula is C11H10BrNO2. The molecule has 0 unspecified atom stereocenters. The van der Waals surface area contributed by atoms with Crippen molar-refractivity contribution in [2.75, 3.05) is 0 Å². The van der Waals surface area contributed by atoms with E-state index in [4.69, 9.17) is 0 Å². The number of aromatic hydroxyl groups is 1. The molecule has 1 saturated carbocycles. The van der Waals surface area contributed by atoms with Crippen molar-refractivity contribution in [2.45, 2.75) is 25.3 Å². The number of phenols is 1. The van der Waals surface area contributed by atoms with Gasteiger partial charge in [0.25, 0.3) is 0 Å². The van der Waals surface area contributed by atoms with Crippen LogP contribution in [0.4, 0.5) is 0 Å². The molecule has 78 valence electrons. The number of aryl methyl sites for hydroxylation is 1. The molecule has 3 nitrogen and oxygen atoms in total. The zero-order valence-electron chi connectivity index (χ0n) is 8.25. The van der Waals surface area contributed by atoms with Crippen LogP contribution in [0.3, 0.4) is 0 Å². The maximum Gasteiger partial charge on any atom is 0.235 e. The molecule has 1 aliphatic carbocycles. The van der Waals surface area contributed by atoms with Crippen LogP contribution >= 0.6 is 15.9 Å². The van der Waals surface area contributed by atoms with Crippen molar-refractivity contribution in [1.29, 1.82) is 0 Å². The Morgan fingerprint density at radius 2 is 2.20 bits per heavy atom. The number of rotatable bonds is 2. The minimum absolute atomic E-state index is 0.222. The summed E-state index contributed by atoms with van der Waals surface area (Å²) >= 11 is 3.34. The molecule has 0 aromatic heterocycles. The van der Waals surface area contributed by atoms with E-state index in [9.17, 15) is 9.90 Å². The highest BCUT2D eigenvalue weighted by atomic mass is 79.9. The maximum atomic E-state index is 10.3. The molecule has 0 aliphatic heterocycles. The lowest BCUT2D eigenvalue weighted by Crippen LogP contribution is -2.03. The second-order valence-corrected chi connectivity index (χ2v) is 4.62. The summed E-state index contributed by atoms with van der Waals surface area (Å²) in [6, 6.07) is 3.72. The second-order valence-electron chi connectivity index (χ2n) is 3.83. The van der Waals surface area contributed by atoms with Crippen LogP contribution in [0.5, 0.6) is 5.75 Å². The van der Waals surface area contributed by atoms with Crippen LogP contribution in [-0.4, -0.2) is 11.2 Å². The van der Waals surface area contributed by atoms with Gasteiger partial charge in [0.15, 0.2) is 0 Å². The Hall–Kier alpha value is -1.12. The van der Waals surface area contributed by atoms with Crippen molar-refractivity contribution >= 4 is 22.0 Å². The fourth-order valence-corrected chi connectivity index (χ4v) is 2.48. The van der Waals surface area contributed by atoms with Crippen LogP contribution in [0.15, 0.2) is 21.6 Å². The van der Waals surface area contributed by atoms with E-state index in [1.54, 1.807) is 6.08 Å². The number of nitrogens with zero attached hydrogens (tertiary/aromatic N) is 1. The second kappa shape index (κ2) is 3.47. The Morgan fingerprint density at radius 3 is 2.73 bits per heavy atom. The highest BCUT2D eigenvalue weighted by Gasteiger charge is 2.46. The fraction of sp³-hybridized carbons (Fsp3) is 0.364. The van der Waals surface area contributed by atoms with Crippen molar-refractivity contribution in [2.24, 2.45) is 4.99 Å². The summed E-state index contributed by atoms with van der Waals surface area (Å²) in [5.74, 6) is 0.222. The van der Waals surface area contributed by atoms with Gasteiger partial charge < -0.3 is 5.11 Å². The summed E-state index contributed by atoms with van der Waals surface area (Å²) < 4.78 is 0.638. The van der Waals surface area contributed by atoms with Crippen LogP contribution in [0, 0.1) is 6.92 Å². The molecule has 1 aliphatic rings. The summed E-state index contributed by atoms with van der Waals surface area (Å²) in [4.78, 5) is 14.2. The Balaban J connectivity index is 2.55. The van der Waals surface area contributed by atoms with Gasteiger partial charge in [0, 0.05) is 0 Å². The smallest absolute Gasteiger partial charge is 0.235 e. The molecular weight excluding hydrogens is 258 g/mol. The van der Waals surface area contributed by atoms with Crippen molar-refractivity contribution < 1.29 is 9.90 Å². The predicted molar refractivity (Wildman–Crippen MR) is 59.6 cm³/mol. The van der Waals surface area contributed by atoms with E-state index < -0.39 is 5.54 Å². The van der Waals surface area contributed by atoms with Gasteiger partial charge in [-0.05, 0) is 46.8 Å². The monoisotopic (exact) mass is 267 g/mol. The lowest BCUT2D eigenvalue weighted by atomic mass is 10.0. The first kappa shape index (κ1) is 10.4. The van der Waals surface area contributed by atoms with Gasteiger partial charge in [-0.25, -0.2) is 4.79 Å². The van der Waals surface area contributed by atoms with Gasteiger partial charge in [0.2, 0.25) is 6.08 Å². The van der Waals surface area contributed by atoms with E-state index in [0.717, 1.165) is 24.0 Å². The molecule has 1 N–H and O–H groups in total. The Labute approximate surface area is 96.0 Å². The summed E-state index contributed by atoms with van der Waals surface area (Å²) in [5.41, 5.74) is 1.23. The molecule has 1 fully saturated rings. The molecule has 15 heavy (non-hydrogen) atoms. The van der Waals surface area contributed by atoms with E-state index in [-0.39, 0.29) is 5.75 Å². The van der Waals surface area contributed by atoms with Crippen molar-refractivity contribution in [3.8, 4) is 5.75 Å². The van der Waals surface area contributed by atoms with Gasteiger partial charge in [0.05, 0.1) is 10.0 Å². The number of halogens is 1. The number of carbonyl (C=O) groups excluding carboxylic acids is 1. The first-order valence-corrected chi connectivity index (χ1v) is 5.47. The maximum absolute atomic E-state index is 10.3. The normalized spacial score (nSPS) is 16.9. The number of aliphatic imine (C=N–C) groups is 1. The SMILES string of the molecule is Cc1ccc(C2(N=C=O)CC2)c(Br)c1O. The summed E-state index contributed by atoms with van der Waals surface area (Å²) in [6.07, 6.45) is 3.28. The van der Waals surface area contributed by atoms with Crippen LogP contribution in [0.2, 0.25) is 0 Å². The van der Waals surface area contributed by atoms with Gasteiger partial charge in [-0.15, -0.1) is 0 Å². The predicted octanol–water partition coefficient (Wildman–Crippen LogP) is 2.79. The van der Waals surface area contributed by atoms with Crippen LogP contribution in [0.1, 0.15) is 24.0 Å². The summed E-state index contributed by atoms with van der Waals surface area (Å²) in [6.45, 7) is 1.83.